The number of benzene rings is 3. The first-order chi connectivity index (χ1) is 19.6. The Hall–Kier alpha value is -3.43. The highest BCUT2D eigenvalue weighted by Gasteiger charge is 2.34. The molecule has 0 radical (unpaired) electrons. The molecule has 1 atom stereocenters. The first kappa shape index (κ1) is 30.5. The van der Waals surface area contributed by atoms with Crippen LogP contribution in [0.3, 0.4) is 0 Å². The molecule has 0 heterocycles. The van der Waals surface area contributed by atoms with Gasteiger partial charge in [-0.15, -0.1) is 0 Å². The molecule has 1 aliphatic carbocycles. The second kappa shape index (κ2) is 13.5. The predicted molar refractivity (Wildman–Crippen MR) is 159 cm³/mol. The lowest BCUT2D eigenvalue weighted by atomic mass is 9.95. The molecule has 10 heteroatoms. The van der Waals surface area contributed by atoms with Crippen LogP contribution in [0.2, 0.25) is 5.02 Å². The topological polar surface area (TPSA) is 86.8 Å². The number of amides is 2. The molecule has 41 heavy (non-hydrogen) atoms. The van der Waals surface area contributed by atoms with Gasteiger partial charge in [0.05, 0.1) is 10.6 Å². The van der Waals surface area contributed by atoms with Gasteiger partial charge in [-0.25, -0.2) is 12.8 Å². The number of sulfonamides is 1. The SMILES string of the molecule is Cc1c(Cl)cccc1N(CC(=O)N(Cc1ccccc1F)[C@H](C)C(=O)NC1CCCCC1)S(=O)(=O)c1ccccc1. The fraction of sp³-hybridized carbons (Fsp3) is 0.355. The molecule has 1 saturated carbocycles. The summed E-state index contributed by atoms with van der Waals surface area (Å²) in [6, 6.07) is 17.7. The maximum atomic E-state index is 14.7. The van der Waals surface area contributed by atoms with Gasteiger partial charge in [0.2, 0.25) is 11.8 Å². The second-order valence-corrected chi connectivity index (χ2v) is 12.6. The average molecular weight is 600 g/mol. The molecule has 0 bridgehead atoms. The Bertz CT molecular complexity index is 1480. The third kappa shape index (κ3) is 7.26. The molecule has 1 fully saturated rings. The minimum atomic E-state index is -4.22. The predicted octanol–water partition coefficient (Wildman–Crippen LogP) is 5.85. The molecule has 0 saturated heterocycles. The summed E-state index contributed by atoms with van der Waals surface area (Å²) >= 11 is 6.35. The smallest absolute Gasteiger partial charge is 0.264 e. The molecule has 0 aliphatic heterocycles. The summed E-state index contributed by atoms with van der Waals surface area (Å²) < 4.78 is 43.5. The summed E-state index contributed by atoms with van der Waals surface area (Å²) in [4.78, 5) is 28.6. The number of hydrogen-bond acceptors (Lipinski definition) is 4. The van der Waals surface area contributed by atoms with Gasteiger partial charge in [-0.05, 0) is 62.6 Å². The van der Waals surface area contributed by atoms with Crippen molar-refractivity contribution >= 4 is 39.1 Å². The number of rotatable bonds is 10. The molecular formula is C31H35ClFN3O4S. The van der Waals surface area contributed by atoms with Crippen LogP contribution >= 0.6 is 11.6 Å². The summed E-state index contributed by atoms with van der Waals surface area (Å²) in [6.45, 7) is 2.43. The maximum Gasteiger partial charge on any atom is 0.264 e. The van der Waals surface area contributed by atoms with E-state index in [4.69, 9.17) is 11.6 Å². The highest BCUT2D eigenvalue weighted by Crippen LogP contribution is 2.31. The van der Waals surface area contributed by atoms with Crippen LogP contribution in [0.1, 0.15) is 50.2 Å². The molecule has 7 nitrogen and oxygen atoms in total. The van der Waals surface area contributed by atoms with Crippen molar-refractivity contribution in [1.29, 1.82) is 0 Å². The zero-order chi connectivity index (χ0) is 29.6. The third-order valence-corrected chi connectivity index (χ3v) is 9.72. The standard InChI is InChI=1S/C31H35ClFN3O4S/c1-22-27(32)17-11-19-29(22)36(41(39,40)26-15-7-4-8-16-26)21-30(37)35(20-24-12-9-10-18-28(24)33)23(2)31(38)34-25-13-5-3-6-14-25/h4,7-12,15-19,23,25H,3,5-6,13-14,20-21H2,1-2H3,(H,34,38)/t23-/m1/s1. The van der Waals surface area contributed by atoms with E-state index in [0.717, 1.165) is 36.4 Å². The van der Waals surface area contributed by atoms with Crippen LogP contribution in [0.5, 0.6) is 0 Å². The highest BCUT2D eigenvalue weighted by atomic mass is 35.5. The zero-order valence-corrected chi connectivity index (χ0v) is 24.8. The Morgan fingerprint density at radius 2 is 1.63 bits per heavy atom. The van der Waals surface area contributed by atoms with Crippen LogP contribution < -0.4 is 9.62 Å². The van der Waals surface area contributed by atoms with Crippen LogP contribution in [0, 0.1) is 12.7 Å². The number of carbonyl (C=O) groups is 2. The van der Waals surface area contributed by atoms with Gasteiger partial charge >= 0.3 is 0 Å². The highest BCUT2D eigenvalue weighted by molar-refractivity contribution is 7.92. The Labute approximate surface area is 246 Å². The van der Waals surface area contributed by atoms with E-state index in [9.17, 15) is 22.4 Å². The van der Waals surface area contributed by atoms with E-state index in [1.807, 2.05) is 0 Å². The fourth-order valence-corrected chi connectivity index (χ4v) is 6.72. The van der Waals surface area contributed by atoms with Crippen molar-refractivity contribution in [1.82, 2.24) is 10.2 Å². The number of halogens is 2. The summed E-state index contributed by atoms with van der Waals surface area (Å²) in [5.41, 5.74) is 0.930. The van der Waals surface area contributed by atoms with Crippen molar-refractivity contribution in [2.75, 3.05) is 10.8 Å². The summed E-state index contributed by atoms with van der Waals surface area (Å²) in [5.74, 6) is -1.54. The van der Waals surface area contributed by atoms with E-state index >= 15 is 0 Å². The van der Waals surface area contributed by atoms with Crippen molar-refractivity contribution in [3.8, 4) is 0 Å². The minimum Gasteiger partial charge on any atom is -0.352 e. The van der Waals surface area contributed by atoms with Crippen LogP contribution in [-0.2, 0) is 26.2 Å². The molecule has 1 aliphatic rings. The van der Waals surface area contributed by atoms with Gasteiger partial charge in [0.1, 0.15) is 18.4 Å². The van der Waals surface area contributed by atoms with Gasteiger partial charge < -0.3 is 10.2 Å². The molecule has 4 rings (SSSR count). The van der Waals surface area contributed by atoms with E-state index < -0.39 is 34.3 Å². The number of nitrogens with one attached hydrogen (secondary N) is 1. The van der Waals surface area contributed by atoms with Crippen molar-refractivity contribution in [2.45, 2.75) is 69.5 Å². The average Bonchev–Trinajstić information content (AvgIpc) is 2.97. The first-order valence-corrected chi connectivity index (χ1v) is 15.6. The third-order valence-electron chi connectivity index (χ3n) is 7.54. The number of carbonyl (C=O) groups excluding carboxylic acids is 2. The minimum absolute atomic E-state index is 0.00378. The zero-order valence-electron chi connectivity index (χ0n) is 23.2. The lowest BCUT2D eigenvalue weighted by Gasteiger charge is -2.33. The lowest BCUT2D eigenvalue weighted by molar-refractivity contribution is -0.139. The van der Waals surface area contributed by atoms with E-state index in [-0.39, 0.29) is 34.6 Å². The number of hydrogen-bond donors (Lipinski definition) is 1. The molecule has 3 aromatic carbocycles. The monoisotopic (exact) mass is 599 g/mol. The fourth-order valence-electron chi connectivity index (χ4n) is 5.06. The first-order valence-electron chi connectivity index (χ1n) is 13.8. The molecule has 1 N–H and O–H groups in total. The van der Waals surface area contributed by atoms with Crippen molar-refractivity contribution in [2.24, 2.45) is 0 Å². The van der Waals surface area contributed by atoms with Crippen LogP contribution in [0.15, 0.2) is 77.7 Å². The van der Waals surface area contributed by atoms with Gasteiger partial charge in [0.25, 0.3) is 10.0 Å². The van der Waals surface area contributed by atoms with Crippen molar-refractivity contribution in [3.63, 3.8) is 0 Å². The number of anilines is 1. The molecular weight excluding hydrogens is 565 g/mol. The summed E-state index contributed by atoms with van der Waals surface area (Å²) in [5, 5.41) is 3.38. The molecule has 0 aromatic heterocycles. The van der Waals surface area contributed by atoms with Gasteiger partial charge in [-0.2, -0.15) is 0 Å². The van der Waals surface area contributed by atoms with Gasteiger partial charge in [0, 0.05) is 23.2 Å². The normalized spacial score (nSPS) is 14.7. The van der Waals surface area contributed by atoms with Gasteiger partial charge in [-0.3, -0.25) is 13.9 Å². The molecule has 0 spiro atoms. The summed E-state index contributed by atoms with van der Waals surface area (Å²) in [6.07, 6.45) is 4.87. The van der Waals surface area contributed by atoms with E-state index in [0.29, 0.717) is 10.6 Å². The van der Waals surface area contributed by atoms with Crippen LogP contribution in [0.4, 0.5) is 10.1 Å². The quantitative estimate of drug-likeness (QED) is 0.317. The Morgan fingerprint density at radius 3 is 2.32 bits per heavy atom. The van der Waals surface area contributed by atoms with E-state index in [2.05, 4.69) is 5.32 Å². The van der Waals surface area contributed by atoms with Crippen molar-refractivity contribution in [3.05, 3.63) is 94.8 Å². The van der Waals surface area contributed by atoms with Gasteiger partial charge in [-0.1, -0.05) is 73.3 Å². The van der Waals surface area contributed by atoms with E-state index in [1.165, 1.54) is 23.1 Å². The molecule has 2 amide bonds. The Balaban J connectivity index is 1.71. The number of nitrogens with zero attached hydrogens (tertiary/aromatic N) is 2. The molecule has 218 valence electrons. The maximum absolute atomic E-state index is 14.7. The van der Waals surface area contributed by atoms with Crippen molar-refractivity contribution < 1.29 is 22.4 Å². The summed E-state index contributed by atoms with van der Waals surface area (Å²) in [7, 11) is -4.22. The Kier molecular flexibility index (Phi) is 10.0. The van der Waals surface area contributed by atoms with Crippen LogP contribution in [-0.4, -0.2) is 43.8 Å². The lowest BCUT2D eigenvalue weighted by Crippen LogP contribution is -2.53. The molecule has 0 unspecified atom stereocenters. The van der Waals surface area contributed by atoms with E-state index in [1.54, 1.807) is 68.4 Å². The van der Waals surface area contributed by atoms with Crippen LogP contribution in [0.25, 0.3) is 0 Å². The Morgan fingerprint density at radius 1 is 0.976 bits per heavy atom. The van der Waals surface area contributed by atoms with Gasteiger partial charge in [0.15, 0.2) is 0 Å². The molecule has 3 aromatic rings. The second-order valence-electron chi connectivity index (χ2n) is 10.3. The largest absolute Gasteiger partial charge is 0.352 e.